The third-order valence-electron chi connectivity index (χ3n) is 4.99. The van der Waals surface area contributed by atoms with E-state index < -0.39 is 11.4 Å². The summed E-state index contributed by atoms with van der Waals surface area (Å²) in [5.41, 5.74) is 2.92. The highest BCUT2D eigenvalue weighted by atomic mass is 79.9. The van der Waals surface area contributed by atoms with E-state index in [4.69, 9.17) is 0 Å². The van der Waals surface area contributed by atoms with Gasteiger partial charge in [0.1, 0.15) is 4.75 Å². The molecule has 0 saturated carbocycles. The van der Waals surface area contributed by atoms with Gasteiger partial charge in [0.15, 0.2) is 0 Å². The van der Waals surface area contributed by atoms with E-state index >= 15 is 0 Å². The van der Waals surface area contributed by atoms with E-state index in [1.54, 1.807) is 0 Å². The molecule has 1 aromatic rings. The smallest absolute Gasteiger partial charge is 0.136 e. The molecule has 1 saturated heterocycles. The fraction of sp³-hybridized carbons (Fsp3) is 0.647. The maximum Gasteiger partial charge on any atom is 0.136 e. The fourth-order valence-corrected chi connectivity index (χ4v) is 5.15. The molecular weight excluding hydrogens is 360 g/mol. The van der Waals surface area contributed by atoms with Crippen LogP contribution in [-0.4, -0.2) is 22.4 Å². The van der Waals surface area contributed by atoms with E-state index in [0.717, 1.165) is 32.4 Å². The van der Waals surface area contributed by atoms with Gasteiger partial charge in [0.25, 0.3) is 0 Å². The summed E-state index contributed by atoms with van der Waals surface area (Å²) in [6, 6.07) is 6.60. The van der Waals surface area contributed by atoms with Crippen molar-refractivity contribution in [2.45, 2.75) is 50.8 Å². The van der Waals surface area contributed by atoms with E-state index in [1.165, 1.54) is 15.6 Å². The second kappa shape index (κ2) is 6.10. The van der Waals surface area contributed by atoms with Crippen molar-refractivity contribution in [3.8, 4) is 0 Å². The molecule has 3 nitrogen and oxygen atoms in total. The minimum Gasteiger partial charge on any atom is -0.598 e. The summed E-state index contributed by atoms with van der Waals surface area (Å²) in [6.45, 7) is 8.18. The molecule has 1 unspecified atom stereocenters. The molecule has 5 heteroatoms. The molecule has 1 aliphatic heterocycles. The number of fused-ring (bicyclic) bond motifs is 1. The van der Waals surface area contributed by atoms with Crippen molar-refractivity contribution in [3.63, 3.8) is 0 Å². The summed E-state index contributed by atoms with van der Waals surface area (Å²) in [6.07, 6.45) is 3.34. The second-order valence-electron chi connectivity index (χ2n) is 7.53. The highest BCUT2D eigenvalue weighted by Gasteiger charge is 2.49. The van der Waals surface area contributed by atoms with Crippen molar-refractivity contribution in [1.29, 1.82) is 0 Å². The molecule has 22 heavy (non-hydrogen) atoms. The Kier molecular flexibility index (Phi) is 4.65. The van der Waals surface area contributed by atoms with Gasteiger partial charge in [0, 0.05) is 21.2 Å². The average molecular weight is 385 g/mol. The second-order valence-corrected chi connectivity index (χ2v) is 10.4. The number of halogens is 1. The molecule has 1 aliphatic carbocycles. The van der Waals surface area contributed by atoms with E-state index in [0.29, 0.717) is 0 Å². The average Bonchev–Trinajstić information content (AvgIpc) is 2.74. The van der Waals surface area contributed by atoms with Gasteiger partial charge in [-0.25, -0.2) is 0 Å². The Hall–Kier alpha value is -0.0700. The van der Waals surface area contributed by atoms with Gasteiger partial charge in [0.05, 0.1) is 6.04 Å². The van der Waals surface area contributed by atoms with Crippen molar-refractivity contribution in [2.75, 3.05) is 13.1 Å². The largest absolute Gasteiger partial charge is 0.598 e. The Morgan fingerprint density at radius 1 is 1.32 bits per heavy atom. The summed E-state index contributed by atoms with van der Waals surface area (Å²) in [7, 11) is 0. The molecule has 0 radical (unpaired) electrons. The maximum absolute atomic E-state index is 12.7. The van der Waals surface area contributed by atoms with Crippen LogP contribution in [0.1, 0.15) is 50.8 Å². The van der Waals surface area contributed by atoms with Crippen LogP contribution in [0.4, 0.5) is 0 Å². The Bertz CT molecular complexity index is 552. The predicted octanol–water partition coefficient (Wildman–Crippen LogP) is 3.47. The molecular formula is C17H25BrN2OS. The van der Waals surface area contributed by atoms with Gasteiger partial charge < -0.3 is 9.87 Å². The highest BCUT2D eigenvalue weighted by molar-refractivity contribution is 9.10. The lowest BCUT2D eigenvalue weighted by atomic mass is 9.73. The zero-order valence-corrected chi connectivity index (χ0v) is 15.9. The molecule has 0 aromatic heterocycles. The Morgan fingerprint density at radius 2 is 2.00 bits per heavy atom. The maximum atomic E-state index is 12.7. The number of hydrogen-bond acceptors (Lipinski definition) is 3. The van der Waals surface area contributed by atoms with Crippen LogP contribution in [-0.2, 0) is 17.8 Å². The quantitative estimate of drug-likeness (QED) is 0.767. The lowest BCUT2D eigenvalue weighted by Crippen LogP contribution is -2.48. The number of hydrogen-bond donors (Lipinski definition) is 2. The van der Waals surface area contributed by atoms with Gasteiger partial charge in [-0.05, 0) is 70.3 Å². The fourth-order valence-electron chi connectivity index (χ4n) is 3.68. The molecule has 0 amide bonds. The van der Waals surface area contributed by atoms with Gasteiger partial charge in [-0.15, -0.1) is 4.72 Å². The van der Waals surface area contributed by atoms with Crippen molar-refractivity contribution in [2.24, 2.45) is 5.41 Å². The summed E-state index contributed by atoms with van der Waals surface area (Å²) in [4.78, 5) is 0. The van der Waals surface area contributed by atoms with Crippen molar-refractivity contribution >= 4 is 27.3 Å². The van der Waals surface area contributed by atoms with E-state index in [-0.39, 0.29) is 16.2 Å². The van der Waals surface area contributed by atoms with E-state index in [1.807, 2.05) is 20.8 Å². The number of rotatable bonds is 2. The van der Waals surface area contributed by atoms with Crippen molar-refractivity contribution < 1.29 is 4.55 Å². The molecule has 1 fully saturated rings. The standard InChI is InChI=1S/C17H25BrN2OS/c1-16(2,3)22(21)20-15-12-5-4-6-14(18)13(12)11-17(15)7-9-19-10-8-17/h4-6,15,19-20H,7-11H2,1-3H3/t15-,22?/m1/s1. The molecule has 1 aromatic carbocycles. The molecule has 2 N–H and O–H groups in total. The van der Waals surface area contributed by atoms with Crippen LogP contribution >= 0.6 is 15.9 Å². The third kappa shape index (κ3) is 2.98. The number of nitrogens with one attached hydrogen (secondary N) is 2. The van der Waals surface area contributed by atoms with Crippen LogP contribution in [0, 0.1) is 5.41 Å². The lowest BCUT2D eigenvalue weighted by molar-refractivity contribution is 0.163. The minimum atomic E-state index is -1.05. The van der Waals surface area contributed by atoms with Crippen LogP contribution in [0.5, 0.6) is 0 Å². The first kappa shape index (κ1) is 16.8. The molecule has 3 rings (SSSR count). The van der Waals surface area contributed by atoms with Crippen LogP contribution < -0.4 is 10.0 Å². The topological polar surface area (TPSA) is 47.1 Å². The van der Waals surface area contributed by atoms with E-state index in [9.17, 15) is 4.55 Å². The summed E-state index contributed by atoms with van der Waals surface area (Å²) in [5.74, 6) is 0. The predicted molar refractivity (Wildman–Crippen MR) is 96.2 cm³/mol. The molecule has 1 spiro atoms. The lowest BCUT2D eigenvalue weighted by Gasteiger charge is -2.40. The van der Waals surface area contributed by atoms with Gasteiger partial charge >= 0.3 is 0 Å². The minimum absolute atomic E-state index is 0.183. The molecule has 2 atom stereocenters. The number of piperidine rings is 1. The van der Waals surface area contributed by atoms with Crippen LogP contribution in [0.15, 0.2) is 22.7 Å². The normalized spacial score (nSPS) is 25.2. The Balaban J connectivity index is 1.97. The van der Waals surface area contributed by atoms with Gasteiger partial charge in [-0.1, -0.05) is 28.1 Å². The molecule has 2 aliphatic rings. The summed E-state index contributed by atoms with van der Waals surface area (Å²) in [5, 5.41) is 3.47. The molecule has 122 valence electrons. The first-order chi connectivity index (χ1) is 10.3. The number of benzene rings is 1. The van der Waals surface area contributed by atoms with Gasteiger partial charge in [0.2, 0.25) is 0 Å². The van der Waals surface area contributed by atoms with Crippen LogP contribution in [0.3, 0.4) is 0 Å². The Labute approximate surface area is 145 Å². The van der Waals surface area contributed by atoms with Crippen LogP contribution in [0.25, 0.3) is 0 Å². The zero-order valence-electron chi connectivity index (χ0n) is 13.5. The SMILES string of the molecule is CC(C)(C)[S+]([O-])N[C@@H]1c2cccc(Br)c2CC12CCNCC2. The van der Waals surface area contributed by atoms with Gasteiger partial charge in [-0.2, -0.15) is 0 Å². The van der Waals surface area contributed by atoms with Crippen LogP contribution in [0.2, 0.25) is 0 Å². The Morgan fingerprint density at radius 3 is 2.64 bits per heavy atom. The summed E-state index contributed by atoms with van der Waals surface area (Å²) < 4.78 is 17.1. The van der Waals surface area contributed by atoms with Crippen molar-refractivity contribution in [1.82, 2.24) is 10.0 Å². The first-order valence-corrected chi connectivity index (χ1v) is 9.94. The monoisotopic (exact) mass is 384 g/mol. The summed E-state index contributed by atoms with van der Waals surface area (Å²) >= 11 is 2.66. The zero-order chi connectivity index (χ0) is 16.0. The van der Waals surface area contributed by atoms with E-state index in [2.05, 4.69) is 44.2 Å². The van der Waals surface area contributed by atoms with Crippen molar-refractivity contribution in [3.05, 3.63) is 33.8 Å². The third-order valence-corrected chi connectivity index (χ3v) is 7.29. The molecule has 1 heterocycles. The highest BCUT2D eigenvalue weighted by Crippen LogP contribution is 2.53. The first-order valence-electron chi connectivity index (χ1n) is 8.00. The van der Waals surface area contributed by atoms with Gasteiger partial charge in [-0.3, -0.25) is 0 Å². The molecule has 0 bridgehead atoms.